The minimum atomic E-state index is -4.67. The maximum Gasteiger partial charge on any atom is 0.358 e. The van der Waals surface area contributed by atoms with Crippen LogP contribution in [-0.2, 0) is 9.84 Å². The summed E-state index contributed by atoms with van der Waals surface area (Å²) >= 11 is 0. The van der Waals surface area contributed by atoms with Gasteiger partial charge in [0.15, 0.2) is 5.69 Å². The van der Waals surface area contributed by atoms with E-state index in [0.29, 0.717) is 0 Å². The van der Waals surface area contributed by atoms with Crippen molar-refractivity contribution in [2.24, 2.45) is 0 Å². The molecule has 0 aliphatic rings. The molecule has 7 nitrogen and oxygen atoms in total. The van der Waals surface area contributed by atoms with Crippen molar-refractivity contribution >= 4 is 21.5 Å². The van der Waals surface area contributed by atoms with Gasteiger partial charge in [-0.15, -0.1) is 0 Å². The fraction of sp³-hybridized carbons (Fsp3) is 0.0909. The van der Waals surface area contributed by atoms with Crippen molar-refractivity contribution in [3.8, 4) is 5.69 Å². The van der Waals surface area contributed by atoms with Crippen LogP contribution in [0.15, 0.2) is 35.4 Å². The molecule has 0 atom stereocenters. The van der Waals surface area contributed by atoms with Gasteiger partial charge in [0.05, 0.1) is 22.5 Å². The number of sulfone groups is 1. The predicted molar refractivity (Wildman–Crippen MR) is 68.1 cm³/mol. The Labute approximate surface area is 117 Å². The summed E-state index contributed by atoms with van der Waals surface area (Å²) in [4.78, 5) is 10.3. The first-order chi connectivity index (χ1) is 9.73. The van der Waals surface area contributed by atoms with Crippen molar-refractivity contribution in [2.45, 2.75) is 10.7 Å². The lowest BCUT2D eigenvalue weighted by Crippen LogP contribution is -2.11. The van der Waals surface area contributed by atoms with Crippen molar-refractivity contribution in [1.29, 1.82) is 0 Å². The molecule has 0 saturated carbocycles. The summed E-state index contributed by atoms with van der Waals surface area (Å²) in [6, 6.07) is 4.39. The van der Waals surface area contributed by atoms with E-state index in [2.05, 4.69) is 5.10 Å². The minimum absolute atomic E-state index is 0.0771. The molecule has 112 valence electrons. The Morgan fingerprint density at radius 2 is 1.86 bits per heavy atom. The van der Waals surface area contributed by atoms with Gasteiger partial charge in [0.1, 0.15) is 0 Å². The number of nitrogens with zero attached hydrogens (tertiary/aromatic N) is 2. The lowest BCUT2D eigenvalue weighted by molar-refractivity contribution is 0.0691. The molecule has 2 aromatic rings. The highest BCUT2D eigenvalue weighted by Gasteiger charge is 2.26. The van der Waals surface area contributed by atoms with Crippen LogP contribution in [0.2, 0.25) is 0 Å². The summed E-state index contributed by atoms with van der Waals surface area (Å²) < 4.78 is 48.4. The molecule has 0 spiro atoms. The van der Waals surface area contributed by atoms with E-state index in [1.165, 1.54) is 18.3 Å². The third-order valence-electron chi connectivity index (χ3n) is 2.61. The number of hydrogen-bond donors (Lipinski definition) is 2. The van der Waals surface area contributed by atoms with E-state index in [0.717, 1.165) is 16.8 Å². The van der Waals surface area contributed by atoms with E-state index in [-0.39, 0.29) is 17.1 Å². The molecule has 0 bridgehead atoms. The molecule has 3 N–H and O–H groups in total. The van der Waals surface area contributed by atoms with Crippen molar-refractivity contribution in [3.05, 3.63) is 36.2 Å². The average molecular weight is 317 g/mol. The molecule has 0 aliphatic carbocycles. The number of carboxylic acid groups (broad SMARTS) is 1. The Hall–Kier alpha value is -2.49. The van der Waals surface area contributed by atoms with E-state index in [1.54, 1.807) is 0 Å². The third-order valence-corrected chi connectivity index (χ3v) is 4.01. The zero-order valence-electron chi connectivity index (χ0n) is 10.3. The molecule has 21 heavy (non-hydrogen) atoms. The summed E-state index contributed by atoms with van der Waals surface area (Å²) in [6.07, 6.45) is 1.22. The first kappa shape index (κ1) is 14.9. The first-order valence-corrected chi connectivity index (χ1v) is 6.99. The summed E-state index contributed by atoms with van der Waals surface area (Å²) in [6.45, 7) is 0. The zero-order chi connectivity index (χ0) is 15.8. The van der Waals surface area contributed by atoms with Crippen LogP contribution in [0.25, 0.3) is 5.69 Å². The van der Waals surface area contributed by atoms with Gasteiger partial charge in [-0.05, 0) is 24.3 Å². The molecule has 10 heteroatoms. The standard InChI is InChI=1S/C11H9F2N3O4S/c12-11(13)21(19,20)7-3-1-6(2-4-7)16-5-8(14)9(15-16)10(17)18/h1-5,11H,14H2,(H,17,18). The second kappa shape index (κ2) is 5.13. The Morgan fingerprint density at radius 1 is 1.29 bits per heavy atom. The number of alkyl halides is 2. The SMILES string of the molecule is Nc1cn(-c2ccc(S(=O)(=O)C(F)F)cc2)nc1C(=O)O. The Morgan fingerprint density at radius 3 is 2.29 bits per heavy atom. The second-order valence-electron chi connectivity index (χ2n) is 3.98. The number of aromatic nitrogens is 2. The summed E-state index contributed by atoms with van der Waals surface area (Å²) in [5.74, 6) is -4.83. The Balaban J connectivity index is 2.40. The lowest BCUT2D eigenvalue weighted by Gasteiger charge is -2.05. The normalized spacial score (nSPS) is 11.8. The molecular weight excluding hydrogens is 308 g/mol. The van der Waals surface area contributed by atoms with Crippen molar-refractivity contribution in [1.82, 2.24) is 9.78 Å². The van der Waals surface area contributed by atoms with Crippen LogP contribution in [0.4, 0.5) is 14.5 Å². The van der Waals surface area contributed by atoms with Crippen LogP contribution in [0.3, 0.4) is 0 Å². The van der Waals surface area contributed by atoms with Crippen molar-refractivity contribution < 1.29 is 27.1 Å². The molecule has 1 aromatic carbocycles. The molecule has 0 fully saturated rings. The Kier molecular flexibility index (Phi) is 3.64. The van der Waals surface area contributed by atoms with Crippen LogP contribution in [0.1, 0.15) is 10.5 Å². The van der Waals surface area contributed by atoms with Gasteiger partial charge < -0.3 is 10.8 Å². The van der Waals surface area contributed by atoms with E-state index in [9.17, 15) is 22.0 Å². The fourth-order valence-electron chi connectivity index (χ4n) is 1.58. The Bertz CT molecular complexity index is 784. The molecule has 0 radical (unpaired) electrons. The van der Waals surface area contributed by atoms with Crippen LogP contribution >= 0.6 is 0 Å². The molecule has 1 heterocycles. The number of carboxylic acids is 1. The zero-order valence-corrected chi connectivity index (χ0v) is 11.1. The fourth-order valence-corrected chi connectivity index (χ4v) is 2.30. The van der Waals surface area contributed by atoms with Crippen LogP contribution in [0, 0.1) is 0 Å². The monoisotopic (exact) mass is 317 g/mol. The number of nitrogen functional groups attached to an aromatic ring is 1. The van der Waals surface area contributed by atoms with E-state index in [4.69, 9.17) is 10.8 Å². The molecule has 2 rings (SSSR count). The predicted octanol–water partition coefficient (Wildman–Crippen LogP) is 1.15. The maximum absolute atomic E-state index is 12.4. The van der Waals surface area contributed by atoms with Gasteiger partial charge in [-0.3, -0.25) is 0 Å². The highest BCUT2D eigenvalue weighted by Crippen LogP contribution is 2.20. The third kappa shape index (κ3) is 2.70. The second-order valence-corrected chi connectivity index (χ2v) is 5.90. The highest BCUT2D eigenvalue weighted by molar-refractivity contribution is 7.91. The smallest absolute Gasteiger partial charge is 0.358 e. The van der Waals surface area contributed by atoms with Crippen molar-refractivity contribution in [3.63, 3.8) is 0 Å². The number of aromatic carboxylic acids is 1. The number of anilines is 1. The first-order valence-electron chi connectivity index (χ1n) is 5.44. The maximum atomic E-state index is 12.4. The van der Waals surface area contributed by atoms with E-state index < -0.39 is 26.5 Å². The number of nitrogens with two attached hydrogens (primary N) is 1. The van der Waals surface area contributed by atoms with Gasteiger partial charge in [-0.2, -0.15) is 13.9 Å². The van der Waals surface area contributed by atoms with Gasteiger partial charge in [0.25, 0.3) is 0 Å². The molecular formula is C11H9F2N3O4S. The molecule has 0 unspecified atom stereocenters. The van der Waals surface area contributed by atoms with E-state index >= 15 is 0 Å². The summed E-state index contributed by atoms with van der Waals surface area (Å²) in [7, 11) is -4.67. The number of rotatable bonds is 4. The van der Waals surface area contributed by atoms with Gasteiger partial charge in [0, 0.05) is 0 Å². The molecule has 0 saturated heterocycles. The highest BCUT2D eigenvalue weighted by atomic mass is 32.2. The summed E-state index contributed by atoms with van der Waals surface area (Å²) in [5.41, 5.74) is 5.30. The van der Waals surface area contributed by atoms with Crippen LogP contribution < -0.4 is 5.73 Å². The van der Waals surface area contributed by atoms with E-state index in [1.807, 2.05) is 0 Å². The van der Waals surface area contributed by atoms with Gasteiger partial charge in [0.2, 0.25) is 9.84 Å². The van der Waals surface area contributed by atoms with Crippen LogP contribution in [-0.4, -0.2) is 35.0 Å². The largest absolute Gasteiger partial charge is 0.476 e. The molecule has 0 aliphatic heterocycles. The minimum Gasteiger partial charge on any atom is -0.476 e. The number of benzene rings is 1. The number of hydrogen-bond acceptors (Lipinski definition) is 5. The average Bonchev–Trinajstić information content (AvgIpc) is 2.81. The lowest BCUT2D eigenvalue weighted by atomic mass is 10.3. The number of halogens is 2. The summed E-state index contributed by atoms with van der Waals surface area (Å²) in [5, 5.41) is 12.5. The molecule has 1 aromatic heterocycles. The van der Waals surface area contributed by atoms with Crippen molar-refractivity contribution in [2.75, 3.05) is 5.73 Å². The molecule has 0 amide bonds. The van der Waals surface area contributed by atoms with Gasteiger partial charge >= 0.3 is 11.7 Å². The van der Waals surface area contributed by atoms with Crippen LogP contribution in [0.5, 0.6) is 0 Å². The quantitative estimate of drug-likeness (QED) is 0.874. The van der Waals surface area contributed by atoms with Gasteiger partial charge in [-0.25, -0.2) is 17.9 Å². The topological polar surface area (TPSA) is 115 Å². The van der Waals surface area contributed by atoms with Gasteiger partial charge in [-0.1, -0.05) is 0 Å². The number of carbonyl (C=O) groups is 1.